The Hall–Kier alpha value is -0.275. The van der Waals surface area contributed by atoms with Crippen molar-refractivity contribution in [3.63, 3.8) is 0 Å². The highest BCUT2D eigenvalue weighted by molar-refractivity contribution is 6.51. The number of rotatable bonds is 5. The second-order valence-electron chi connectivity index (χ2n) is 5.55. The predicted octanol–water partition coefficient (Wildman–Crippen LogP) is 3.75. The summed E-state index contributed by atoms with van der Waals surface area (Å²) in [6, 6.07) is 0. The molecule has 16 heavy (non-hydrogen) atoms. The van der Waals surface area contributed by atoms with Gasteiger partial charge in [0.2, 0.25) is 0 Å². The average molecular weight is 224 g/mol. The van der Waals surface area contributed by atoms with Crippen molar-refractivity contribution in [2.45, 2.75) is 71.5 Å². The van der Waals surface area contributed by atoms with Crippen LogP contribution in [0.3, 0.4) is 0 Å². The van der Waals surface area contributed by atoms with Crippen LogP contribution >= 0.6 is 0 Å². The Morgan fingerprint density at radius 1 is 1.00 bits per heavy atom. The third-order valence-electron chi connectivity index (χ3n) is 3.54. The van der Waals surface area contributed by atoms with E-state index in [9.17, 15) is 0 Å². The minimum absolute atomic E-state index is 0.174. The maximum atomic E-state index is 5.86. The molecule has 1 saturated heterocycles. The van der Waals surface area contributed by atoms with E-state index < -0.39 is 0 Å². The molecule has 0 unspecified atom stereocenters. The van der Waals surface area contributed by atoms with Crippen molar-refractivity contribution < 1.29 is 9.31 Å². The minimum Gasteiger partial charge on any atom is -0.400 e. The molecule has 0 N–H and O–H groups in total. The molecule has 0 aromatic heterocycles. The third-order valence-corrected chi connectivity index (χ3v) is 3.54. The van der Waals surface area contributed by atoms with Crippen LogP contribution in [0.5, 0.6) is 0 Å². The van der Waals surface area contributed by atoms with Gasteiger partial charge in [-0.2, -0.15) is 0 Å². The smallest absolute Gasteiger partial charge is 0.400 e. The van der Waals surface area contributed by atoms with E-state index in [0.717, 1.165) is 6.42 Å². The SMILES string of the molecule is CCCCC/C=C\B1OC(C)(C)C(C)(C)O1. The molecule has 1 rings (SSSR count). The monoisotopic (exact) mass is 224 g/mol. The molecule has 0 amide bonds. The van der Waals surface area contributed by atoms with Gasteiger partial charge in [-0.1, -0.05) is 31.8 Å². The van der Waals surface area contributed by atoms with Gasteiger partial charge in [0.25, 0.3) is 0 Å². The van der Waals surface area contributed by atoms with Crippen molar-refractivity contribution in [1.29, 1.82) is 0 Å². The summed E-state index contributed by atoms with van der Waals surface area (Å²) in [5.74, 6) is 2.05. The molecule has 0 aliphatic carbocycles. The first-order valence-corrected chi connectivity index (χ1v) is 6.41. The van der Waals surface area contributed by atoms with Crippen LogP contribution in [0, 0.1) is 0 Å². The molecule has 1 heterocycles. The standard InChI is InChI=1S/C13H25BO2/c1-6-7-8-9-10-11-14-15-12(2,3)13(4,5)16-14/h10-11H,6-9H2,1-5H3/b11-10-. The summed E-state index contributed by atoms with van der Waals surface area (Å²) in [5, 5.41) is 0. The molecule has 2 nitrogen and oxygen atoms in total. The summed E-state index contributed by atoms with van der Waals surface area (Å²) in [5.41, 5.74) is -0.434. The van der Waals surface area contributed by atoms with Crippen molar-refractivity contribution in [2.75, 3.05) is 0 Å². The van der Waals surface area contributed by atoms with Crippen LogP contribution in [-0.2, 0) is 9.31 Å². The van der Waals surface area contributed by atoms with E-state index in [1.165, 1.54) is 19.3 Å². The zero-order valence-corrected chi connectivity index (χ0v) is 11.4. The molecule has 0 bridgehead atoms. The molecule has 0 saturated carbocycles. The van der Waals surface area contributed by atoms with Gasteiger partial charge in [0, 0.05) is 0 Å². The van der Waals surface area contributed by atoms with Gasteiger partial charge < -0.3 is 9.31 Å². The predicted molar refractivity (Wildman–Crippen MR) is 69.4 cm³/mol. The molecular weight excluding hydrogens is 199 g/mol. The first kappa shape index (κ1) is 13.8. The second-order valence-corrected chi connectivity index (χ2v) is 5.55. The summed E-state index contributed by atoms with van der Waals surface area (Å²) >= 11 is 0. The average Bonchev–Trinajstić information content (AvgIpc) is 2.35. The van der Waals surface area contributed by atoms with E-state index in [0.29, 0.717) is 0 Å². The molecule has 1 fully saturated rings. The lowest BCUT2D eigenvalue weighted by molar-refractivity contribution is 0.00578. The molecule has 0 spiro atoms. The van der Waals surface area contributed by atoms with Gasteiger partial charge in [-0.25, -0.2) is 0 Å². The van der Waals surface area contributed by atoms with Gasteiger partial charge in [0.05, 0.1) is 11.2 Å². The zero-order valence-electron chi connectivity index (χ0n) is 11.4. The maximum Gasteiger partial charge on any atom is 0.486 e. The summed E-state index contributed by atoms with van der Waals surface area (Å²) in [6.45, 7) is 10.5. The number of allylic oxidation sites excluding steroid dienone is 1. The Balaban J connectivity index is 2.36. The minimum atomic E-state index is -0.217. The van der Waals surface area contributed by atoms with Crippen molar-refractivity contribution in [1.82, 2.24) is 0 Å². The zero-order chi connectivity index (χ0) is 12.2. The molecule has 0 radical (unpaired) electrons. The Kier molecular flexibility index (Phi) is 4.63. The highest BCUT2D eigenvalue weighted by Gasteiger charge is 2.49. The molecule has 0 atom stereocenters. The van der Waals surface area contributed by atoms with Crippen molar-refractivity contribution in [2.24, 2.45) is 0 Å². The molecular formula is C13H25BO2. The van der Waals surface area contributed by atoms with E-state index in [4.69, 9.17) is 9.31 Å². The van der Waals surface area contributed by atoms with E-state index in [-0.39, 0.29) is 18.3 Å². The topological polar surface area (TPSA) is 18.5 Å². The van der Waals surface area contributed by atoms with Gasteiger partial charge in [-0.15, -0.1) is 0 Å². The van der Waals surface area contributed by atoms with E-state index in [2.05, 4.69) is 40.7 Å². The Bertz CT molecular complexity index is 230. The Morgan fingerprint density at radius 2 is 1.56 bits per heavy atom. The number of unbranched alkanes of at least 4 members (excludes halogenated alkanes) is 3. The fraction of sp³-hybridized carbons (Fsp3) is 0.846. The highest BCUT2D eigenvalue weighted by Crippen LogP contribution is 2.36. The van der Waals surface area contributed by atoms with E-state index >= 15 is 0 Å². The van der Waals surface area contributed by atoms with Crippen molar-refractivity contribution >= 4 is 7.12 Å². The normalized spacial score (nSPS) is 23.2. The van der Waals surface area contributed by atoms with Crippen LogP contribution in [0.15, 0.2) is 12.1 Å². The fourth-order valence-corrected chi connectivity index (χ4v) is 1.69. The van der Waals surface area contributed by atoms with Crippen molar-refractivity contribution in [3.05, 3.63) is 12.1 Å². The van der Waals surface area contributed by atoms with Crippen LogP contribution in [-0.4, -0.2) is 18.3 Å². The lowest BCUT2D eigenvalue weighted by Gasteiger charge is -2.32. The van der Waals surface area contributed by atoms with Crippen LogP contribution in [0.25, 0.3) is 0 Å². The summed E-state index contributed by atoms with van der Waals surface area (Å²) in [4.78, 5) is 0. The first-order chi connectivity index (χ1) is 7.39. The van der Waals surface area contributed by atoms with Crippen molar-refractivity contribution in [3.8, 4) is 0 Å². The third kappa shape index (κ3) is 3.36. The Morgan fingerprint density at radius 3 is 2.06 bits per heavy atom. The highest BCUT2D eigenvalue weighted by atomic mass is 16.7. The van der Waals surface area contributed by atoms with Gasteiger partial charge in [-0.3, -0.25) is 0 Å². The van der Waals surface area contributed by atoms with E-state index in [1.54, 1.807) is 0 Å². The quantitative estimate of drug-likeness (QED) is 0.523. The Labute approximate surface area is 101 Å². The molecule has 0 aromatic carbocycles. The lowest BCUT2D eigenvalue weighted by Crippen LogP contribution is -2.41. The molecule has 3 heteroatoms. The fourth-order valence-electron chi connectivity index (χ4n) is 1.69. The van der Waals surface area contributed by atoms with Gasteiger partial charge in [-0.05, 0) is 40.5 Å². The largest absolute Gasteiger partial charge is 0.486 e. The lowest BCUT2D eigenvalue weighted by atomic mass is 9.89. The van der Waals surface area contributed by atoms with Gasteiger partial charge in [0.1, 0.15) is 0 Å². The summed E-state index contributed by atoms with van der Waals surface area (Å²) in [6.07, 6.45) is 7.13. The van der Waals surface area contributed by atoms with Crippen LogP contribution < -0.4 is 0 Å². The van der Waals surface area contributed by atoms with Gasteiger partial charge >= 0.3 is 7.12 Å². The molecule has 1 aliphatic rings. The first-order valence-electron chi connectivity index (χ1n) is 6.41. The van der Waals surface area contributed by atoms with Crippen LogP contribution in [0.2, 0.25) is 0 Å². The maximum absolute atomic E-state index is 5.86. The van der Waals surface area contributed by atoms with Gasteiger partial charge in [0.15, 0.2) is 0 Å². The molecule has 92 valence electrons. The summed E-state index contributed by atoms with van der Waals surface area (Å²) in [7, 11) is -0.174. The molecule has 0 aromatic rings. The van der Waals surface area contributed by atoms with Crippen LogP contribution in [0.4, 0.5) is 0 Å². The molecule has 1 aliphatic heterocycles. The van der Waals surface area contributed by atoms with E-state index in [1.807, 2.05) is 5.98 Å². The number of hydrogen-bond acceptors (Lipinski definition) is 2. The number of hydrogen-bond donors (Lipinski definition) is 0. The summed E-state index contributed by atoms with van der Waals surface area (Å²) < 4.78 is 11.7. The second kappa shape index (κ2) is 5.37. The van der Waals surface area contributed by atoms with Crippen LogP contribution in [0.1, 0.15) is 60.3 Å².